The summed E-state index contributed by atoms with van der Waals surface area (Å²) in [5.41, 5.74) is 1.16. The van der Waals surface area contributed by atoms with Crippen molar-refractivity contribution in [3.05, 3.63) is 53.6 Å². The summed E-state index contributed by atoms with van der Waals surface area (Å²) < 4.78 is 34.1. The Hall–Kier alpha value is -3.43. The Labute approximate surface area is 150 Å². The Balaban J connectivity index is 1.83. The largest absolute Gasteiger partial charge is 0.435 e. The first-order valence-corrected chi connectivity index (χ1v) is 7.92. The minimum absolute atomic E-state index is 0.0134. The first kappa shape index (κ1) is 17.4. The maximum absolute atomic E-state index is 12.2. The van der Waals surface area contributed by atoms with Crippen molar-refractivity contribution >= 4 is 11.8 Å². The summed E-state index contributed by atoms with van der Waals surface area (Å²) in [4.78, 5) is 0.424. The predicted molar refractivity (Wildman–Crippen MR) is 86.4 cm³/mol. The Kier molecular flexibility index (Phi) is 5.11. The van der Waals surface area contributed by atoms with E-state index in [0.717, 1.165) is 11.8 Å². The molecule has 3 rings (SSSR count). The van der Waals surface area contributed by atoms with Gasteiger partial charge >= 0.3 is 6.61 Å². The topological polar surface area (TPSA) is 95.7 Å². The van der Waals surface area contributed by atoms with Crippen molar-refractivity contribution in [1.29, 1.82) is 10.5 Å². The molecule has 128 valence electrons. The SMILES string of the molecule is N#Cc1cccc(C#N)c1Sc1nnc(-c2ccc(OC(F)F)cc2)o1. The molecule has 0 amide bonds. The molecule has 0 bridgehead atoms. The molecule has 0 atom stereocenters. The van der Waals surface area contributed by atoms with Crippen LogP contribution >= 0.6 is 11.8 Å². The third-order valence-electron chi connectivity index (χ3n) is 3.18. The lowest BCUT2D eigenvalue weighted by Gasteiger charge is -2.04. The van der Waals surface area contributed by atoms with E-state index in [-0.39, 0.29) is 16.9 Å². The molecule has 0 unspecified atom stereocenters. The van der Waals surface area contributed by atoms with Gasteiger partial charge in [-0.25, -0.2) is 0 Å². The first-order valence-electron chi connectivity index (χ1n) is 7.10. The van der Waals surface area contributed by atoms with E-state index in [9.17, 15) is 19.3 Å². The van der Waals surface area contributed by atoms with Crippen LogP contribution in [-0.2, 0) is 0 Å². The van der Waals surface area contributed by atoms with Gasteiger partial charge in [-0.15, -0.1) is 10.2 Å². The highest BCUT2D eigenvalue weighted by Crippen LogP contribution is 2.33. The molecule has 3 aromatic rings. The molecule has 0 saturated heterocycles. The van der Waals surface area contributed by atoms with E-state index < -0.39 is 6.61 Å². The van der Waals surface area contributed by atoms with E-state index >= 15 is 0 Å². The summed E-state index contributed by atoms with van der Waals surface area (Å²) >= 11 is 1.01. The molecule has 1 aromatic heterocycles. The molecule has 0 fully saturated rings. The van der Waals surface area contributed by atoms with Crippen LogP contribution in [0.15, 0.2) is 57.0 Å². The number of halogens is 2. The number of aromatic nitrogens is 2. The van der Waals surface area contributed by atoms with Crippen LogP contribution in [0.4, 0.5) is 8.78 Å². The molecular weight excluding hydrogens is 362 g/mol. The Bertz CT molecular complexity index is 975. The number of ether oxygens (including phenoxy) is 1. The van der Waals surface area contributed by atoms with Crippen LogP contribution in [-0.4, -0.2) is 16.8 Å². The maximum atomic E-state index is 12.2. The summed E-state index contributed by atoms with van der Waals surface area (Å²) in [5, 5.41) is 26.3. The van der Waals surface area contributed by atoms with E-state index in [0.29, 0.717) is 21.6 Å². The van der Waals surface area contributed by atoms with Gasteiger partial charge in [0, 0.05) is 5.56 Å². The summed E-state index contributed by atoms with van der Waals surface area (Å²) in [5.74, 6) is 0.184. The maximum Gasteiger partial charge on any atom is 0.387 e. The summed E-state index contributed by atoms with van der Waals surface area (Å²) in [7, 11) is 0. The van der Waals surface area contributed by atoms with Crippen LogP contribution in [0.5, 0.6) is 5.75 Å². The average Bonchev–Trinajstić information content (AvgIpc) is 3.10. The number of rotatable bonds is 5. The fourth-order valence-electron chi connectivity index (χ4n) is 2.06. The number of nitrogens with zero attached hydrogens (tertiary/aromatic N) is 4. The number of alkyl halides is 2. The number of hydrogen-bond donors (Lipinski definition) is 0. The summed E-state index contributed by atoms with van der Waals surface area (Å²) in [6.07, 6.45) is 0. The fraction of sp³-hybridized carbons (Fsp3) is 0.0588. The summed E-state index contributed by atoms with van der Waals surface area (Å²) in [6, 6.07) is 14.5. The second-order valence-corrected chi connectivity index (χ2v) is 5.75. The highest BCUT2D eigenvalue weighted by atomic mass is 32.2. The van der Waals surface area contributed by atoms with E-state index in [1.807, 2.05) is 12.1 Å². The molecule has 0 N–H and O–H groups in total. The third kappa shape index (κ3) is 3.79. The smallest absolute Gasteiger partial charge is 0.387 e. The van der Waals surface area contributed by atoms with Gasteiger partial charge in [0.1, 0.15) is 17.9 Å². The normalized spacial score (nSPS) is 10.3. The first-order chi connectivity index (χ1) is 12.6. The van der Waals surface area contributed by atoms with Crippen molar-refractivity contribution in [2.75, 3.05) is 0 Å². The van der Waals surface area contributed by atoms with Gasteiger partial charge < -0.3 is 9.15 Å². The van der Waals surface area contributed by atoms with Crippen molar-refractivity contribution in [3.8, 4) is 29.3 Å². The van der Waals surface area contributed by atoms with E-state index in [4.69, 9.17) is 4.42 Å². The Morgan fingerprint density at radius 1 is 1.00 bits per heavy atom. The van der Waals surface area contributed by atoms with E-state index in [2.05, 4.69) is 14.9 Å². The molecule has 0 radical (unpaired) electrons. The minimum atomic E-state index is -2.90. The highest BCUT2D eigenvalue weighted by Gasteiger charge is 2.15. The van der Waals surface area contributed by atoms with Crippen LogP contribution in [0.25, 0.3) is 11.5 Å². The lowest BCUT2D eigenvalue weighted by atomic mass is 10.1. The van der Waals surface area contributed by atoms with Crippen LogP contribution in [0.2, 0.25) is 0 Å². The van der Waals surface area contributed by atoms with E-state index in [1.54, 1.807) is 18.2 Å². The van der Waals surface area contributed by atoms with Gasteiger partial charge in [0.25, 0.3) is 5.22 Å². The zero-order chi connectivity index (χ0) is 18.5. The second-order valence-electron chi connectivity index (χ2n) is 4.78. The molecule has 9 heteroatoms. The molecule has 1 heterocycles. The molecule has 26 heavy (non-hydrogen) atoms. The lowest BCUT2D eigenvalue weighted by Crippen LogP contribution is -2.01. The zero-order valence-corrected chi connectivity index (χ0v) is 13.7. The van der Waals surface area contributed by atoms with Gasteiger partial charge in [-0.1, -0.05) is 6.07 Å². The molecule has 0 spiro atoms. The zero-order valence-electron chi connectivity index (χ0n) is 12.9. The highest BCUT2D eigenvalue weighted by molar-refractivity contribution is 7.99. The van der Waals surface area contributed by atoms with Gasteiger partial charge in [-0.3, -0.25) is 0 Å². The molecule has 6 nitrogen and oxygen atoms in total. The molecule has 0 aliphatic carbocycles. The van der Waals surface area contributed by atoms with Gasteiger partial charge in [0.15, 0.2) is 0 Å². The monoisotopic (exact) mass is 370 g/mol. The van der Waals surface area contributed by atoms with Crippen LogP contribution in [0.3, 0.4) is 0 Å². The molecule has 0 aliphatic rings. The minimum Gasteiger partial charge on any atom is -0.435 e. The van der Waals surface area contributed by atoms with Gasteiger partial charge in [0.05, 0.1) is 16.0 Å². The molecule has 0 saturated carbocycles. The van der Waals surface area contributed by atoms with Crippen LogP contribution < -0.4 is 4.74 Å². The van der Waals surface area contributed by atoms with E-state index in [1.165, 1.54) is 24.3 Å². The van der Waals surface area contributed by atoms with Gasteiger partial charge in [0.2, 0.25) is 5.89 Å². The molecule has 0 aliphatic heterocycles. The molecular formula is C17H8F2N4O2S. The number of hydrogen-bond acceptors (Lipinski definition) is 7. The number of nitriles is 2. The Morgan fingerprint density at radius 3 is 2.23 bits per heavy atom. The van der Waals surface area contributed by atoms with Crippen molar-refractivity contribution in [2.45, 2.75) is 16.7 Å². The van der Waals surface area contributed by atoms with Gasteiger partial charge in [-0.05, 0) is 48.2 Å². The lowest BCUT2D eigenvalue weighted by molar-refractivity contribution is -0.0498. The third-order valence-corrected chi connectivity index (χ3v) is 4.16. The predicted octanol–water partition coefficient (Wildman–Crippen LogP) is 4.23. The van der Waals surface area contributed by atoms with Crippen molar-refractivity contribution in [2.24, 2.45) is 0 Å². The van der Waals surface area contributed by atoms with Crippen LogP contribution in [0.1, 0.15) is 11.1 Å². The summed E-state index contributed by atoms with van der Waals surface area (Å²) in [6.45, 7) is -2.90. The second kappa shape index (κ2) is 7.64. The van der Waals surface area contributed by atoms with Crippen molar-refractivity contribution < 1.29 is 17.9 Å². The van der Waals surface area contributed by atoms with Crippen LogP contribution in [0, 0.1) is 22.7 Å². The fourth-order valence-corrected chi connectivity index (χ4v) is 2.88. The van der Waals surface area contributed by atoms with Gasteiger partial charge in [-0.2, -0.15) is 19.3 Å². The average molecular weight is 370 g/mol. The molecule has 2 aromatic carbocycles. The quantitative estimate of drug-likeness (QED) is 0.663. The van der Waals surface area contributed by atoms with Crippen molar-refractivity contribution in [3.63, 3.8) is 0 Å². The Morgan fingerprint density at radius 2 is 1.65 bits per heavy atom. The van der Waals surface area contributed by atoms with Crippen molar-refractivity contribution in [1.82, 2.24) is 10.2 Å². The standard InChI is InChI=1S/C17H8F2N4O2S/c18-16(19)24-13-6-4-10(5-7-13)15-22-23-17(25-15)26-14-11(8-20)2-1-3-12(14)9-21/h1-7,16H. The number of benzene rings is 2.